The number of thiocarbonyl (C=S) groups is 1. The van der Waals surface area contributed by atoms with Crippen molar-refractivity contribution in [3.8, 4) is 11.5 Å². The molecule has 0 aliphatic rings. The number of para-hydroxylation sites is 1. The summed E-state index contributed by atoms with van der Waals surface area (Å²) in [6, 6.07) is 12.9. The van der Waals surface area contributed by atoms with Gasteiger partial charge in [-0.15, -0.1) is 0 Å². The van der Waals surface area contributed by atoms with Crippen LogP contribution in [0.3, 0.4) is 0 Å². The Morgan fingerprint density at radius 2 is 1.83 bits per heavy atom. The zero-order chi connectivity index (χ0) is 13.1. The first kappa shape index (κ1) is 12.9. The summed E-state index contributed by atoms with van der Waals surface area (Å²) in [7, 11) is 0. The Morgan fingerprint density at radius 3 is 2.44 bits per heavy atom. The molecule has 0 spiro atoms. The molecular formula is C14H12ClNOS. The maximum absolute atomic E-state index is 5.83. The van der Waals surface area contributed by atoms with Crippen molar-refractivity contribution in [2.45, 2.75) is 6.92 Å². The fourth-order valence-electron chi connectivity index (χ4n) is 1.60. The molecule has 0 saturated heterocycles. The highest BCUT2D eigenvalue weighted by molar-refractivity contribution is 7.80. The SMILES string of the molecule is Cc1cccc(C(N)=S)c1Oc1ccc(Cl)cc1. The van der Waals surface area contributed by atoms with Gasteiger partial charge in [0.05, 0.1) is 5.56 Å². The van der Waals surface area contributed by atoms with Gasteiger partial charge in [-0.3, -0.25) is 0 Å². The Kier molecular flexibility index (Phi) is 3.84. The molecule has 0 atom stereocenters. The number of hydrogen-bond donors (Lipinski definition) is 1. The molecule has 2 aromatic carbocycles. The third kappa shape index (κ3) is 2.81. The molecule has 0 amide bonds. The van der Waals surface area contributed by atoms with Crippen LogP contribution in [0, 0.1) is 6.92 Å². The van der Waals surface area contributed by atoms with Gasteiger partial charge in [0, 0.05) is 5.02 Å². The Morgan fingerprint density at radius 1 is 1.17 bits per heavy atom. The zero-order valence-electron chi connectivity index (χ0n) is 9.81. The molecule has 0 aliphatic heterocycles. The second kappa shape index (κ2) is 5.38. The van der Waals surface area contributed by atoms with Crippen molar-refractivity contribution < 1.29 is 4.74 Å². The summed E-state index contributed by atoms with van der Waals surface area (Å²) in [6.07, 6.45) is 0. The molecule has 2 rings (SSSR count). The number of halogens is 1. The van der Waals surface area contributed by atoms with E-state index in [2.05, 4.69) is 0 Å². The number of hydrogen-bond acceptors (Lipinski definition) is 2. The van der Waals surface area contributed by atoms with E-state index in [1.54, 1.807) is 24.3 Å². The summed E-state index contributed by atoms with van der Waals surface area (Å²) in [5, 5.41) is 0.668. The first-order chi connectivity index (χ1) is 8.58. The van der Waals surface area contributed by atoms with Crippen LogP contribution in [0.25, 0.3) is 0 Å². The van der Waals surface area contributed by atoms with E-state index >= 15 is 0 Å². The van der Waals surface area contributed by atoms with Crippen LogP contribution in [0.15, 0.2) is 42.5 Å². The molecule has 2 nitrogen and oxygen atoms in total. The van der Waals surface area contributed by atoms with E-state index in [9.17, 15) is 0 Å². The highest BCUT2D eigenvalue weighted by atomic mass is 35.5. The monoisotopic (exact) mass is 277 g/mol. The van der Waals surface area contributed by atoms with E-state index in [1.807, 2.05) is 25.1 Å². The van der Waals surface area contributed by atoms with E-state index in [1.165, 1.54) is 0 Å². The fourth-order valence-corrected chi connectivity index (χ4v) is 1.89. The average molecular weight is 278 g/mol. The largest absolute Gasteiger partial charge is 0.456 e. The van der Waals surface area contributed by atoms with Crippen molar-refractivity contribution in [2.75, 3.05) is 0 Å². The standard InChI is InChI=1S/C14H12ClNOS/c1-9-3-2-4-12(14(16)18)13(9)17-11-7-5-10(15)6-8-11/h2-8H,1H3,(H2,16,18). The molecule has 0 bridgehead atoms. The molecule has 2 N–H and O–H groups in total. The molecule has 4 heteroatoms. The van der Waals surface area contributed by atoms with Crippen LogP contribution >= 0.6 is 23.8 Å². The average Bonchev–Trinajstić information content (AvgIpc) is 2.34. The summed E-state index contributed by atoms with van der Waals surface area (Å²) in [5.41, 5.74) is 7.41. The van der Waals surface area contributed by atoms with Gasteiger partial charge in [-0.05, 0) is 42.8 Å². The minimum Gasteiger partial charge on any atom is -0.456 e. The molecule has 0 fully saturated rings. The van der Waals surface area contributed by atoms with Crippen molar-refractivity contribution in [2.24, 2.45) is 5.73 Å². The number of aryl methyl sites for hydroxylation is 1. The minimum absolute atomic E-state index is 0.322. The number of rotatable bonds is 3. The lowest BCUT2D eigenvalue weighted by molar-refractivity contribution is 0.478. The van der Waals surface area contributed by atoms with Gasteiger partial charge in [0.1, 0.15) is 16.5 Å². The third-order valence-electron chi connectivity index (χ3n) is 2.51. The minimum atomic E-state index is 0.322. The number of benzene rings is 2. The van der Waals surface area contributed by atoms with Crippen LogP contribution < -0.4 is 10.5 Å². The van der Waals surface area contributed by atoms with Crippen LogP contribution in [0.4, 0.5) is 0 Å². The van der Waals surface area contributed by atoms with Gasteiger partial charge >= 0.3 is 0 Å². The lowest BCUT2D eigenvalue weighted by Gasteiger charge is -2.13. The van der Waals surface area contributed by atoms with Crippen LogP contribution in [0.2, 0.25) is 5.02 Å². The van der Waals surface area contributed by atoms with Gasteiger partial charge in [0.15, 0.2) is 0 Å². The summed E-state index contributed by atoms with van der Waals surface area (Å²) in [5.74, 6) is 1.39. The molecule has 0 saturated carbocycles. The van der Waals surface area contributed by atoms with E-state index in [0.717, 1.165) is 11.1 Å². The summed E-state index contributed by atoms with van der Waals surface area (Å²) >= 11 is 10.9. The van der Waals surface area contributed by atoms with E-state index in [4.69, 9.17) is 34.3 Å². The van der Waals surface area contributed by atoms with Gasteiger partial charge < -0.3 is 10.5 Å². The quantitative estimate of drug-likeness (QED) is 0.859. The first-order valence-electron chi connectivity index (χ1n) is 5.41. The second-order valence-corrected chi connectivity index (χ2v) is 4.75. The lowest BCUT2D eigenvalue weighted by Crippen LogP contribution is -2.11. The summed E-state index contributed by atoms with van der Waals surface area (Å²) in [6.45, 7) is 1.95. The topological polar surface area (TPSA) is 35.2 Å². The van der Waals surface area contributed by atoms with Crippen LogP contribution in [-0.4, -0.2) is 4.99 Å². The predicted octanol–water partition coefficient (Wildman–Crippen LogP) is 4.07. The van der Waals surface area contributed by atoms with E-state index in [-0.39, 0.29) is 0 Å². The first-order valence-corrected chi connectivity index (χ1v) is 6.19. The number of nitrogens with two attached hydrogens (primary N) is 1. The molecule has 0 heterocycles. The van der Waals surface area contributed by atoms with E-state index < -0.39 is 0 Å². The van der Waals surface area contributed by atoms with Gasteiger partial charge in [-0.2, -0.15) is 0 Å². The van der Waals surface area contributed by atoms with Gasteiger partial charge in [-0.1, -0.05) is 36.0 Å². The van der Waals surface area contributed by atoms with Crippen molar-refractivity contribution >= 4 is 28.8 Å². The molecule has 0 aromatic heterocycles. The number of ether oxygens (including phenoxy) is 1. The van der Waals surface area contributed by atoms with Gasteiger partial charge in [0.2, 0.25) is 0 Å². The van der Waals surface area contributed by atoms with Crippen LogP contribution in [0.1, 0.15) is 11.1 Å². The Bertz CT molecular complexity index is 581. The van der Waals surface area contributed by atoms with Gasteiger partial charge in [-0.25, -0.2) is 0 Å². The predicted molar refractivity (Wildman–Crippen MR) is 78.6 cm³/mol. The normalized spacial score (nSPS) is 10.1. The van der Waals surface area contributed by atoms with Crippen LogP contribution in [-0.2, 0) is 0 Å². The van der Waals surface area contributed by atoms with Gasteiger partial charge in [0.25, 0.3) is 0 Å². The molecule has 92 valence electrons. The summed E-state index contributed by atoms with van der Waals surface area (Å²) in [4.78, 5) is 0.322. The maximum Gasteiger partial charge on any atom is 0.140 e. The molecule has 0 radical (unpaired) electrons. The van der Waals surface area contributed by atoms with E-state index in [0.29, 0.717) is 21.5 Å². The summed E-state index contributed by atoms with van der Waals surface area (Å²) < 4.78 is 5.83. The zero-order valence-corrected chi connectivity index (χ0v) is 11.4. The van der Waals surface area contributed by atoms with Crippen molar-refractivity contribution in [1.29, 1.82) is 0 Å². The highest BCUT2D eigenvalue weighted by Gasteiger charge is 2.10. The Hall–Kier alpha value is -1.58. The molecule has 2 aromatic rings. The van der Waals surface area contributed by atoms with Crippen molar-refractivity contribution in [3.05, 3.63) is 58.6 Å². The third-order valence-corrected chi connectivity index (χ3v) is 2.98. The highest BCUT2D eigenvalue weighted by Crippen LogP contribution is 2.29. The van der Waals surface area contributed by atoms with Crippen molar-refractivity contribution in [1.82, 2.24) is 0 Å². The fraction of sp³-hybridized carbons (Fsp3) is 0.0714. The molecular weight excluding hydrogens is 266 g/mol. The van der Waals surface area contributed by atoms with Crippen molar-refractivity contribution in [3.63, 3.8) is 0 Å². The second-order valence-electron chi connectivity index (χ2n) is 3.87. The Labute approximate surface area is 116 Å². The molecule has 18 heavy (non-hydrogen) atoms. The molecule has 0 aliphatic carbocycles. The van der Waals surface area contributed by atoms with Crippen LogP contribution in [0.5, 0.6) is 11.5 Å². The molecule has 0 unspecified atom stereocenters. The smallest absolute Gasteiger partial charge is 0.140 e. The Balaban J connectivity index is 2.39. The maximum atomic E-state index is 5.83. The lowest BCUT2D eigenvalue weighted by atomic mass is 10.1.